The zero-order valence-electron chi connectivity index (χ0n) is 13.2. The van der Waals surface area contributed by atoms with Crippen LogP contribution in [0, 0.1) is 0 Å². The van der Waals surface area contributed by atoms with E-state index >= 15 is 0 Å². The van der Waals surface area contributed by atoms with Gasteiger partial charge in [-0.05, 0) is 23.6 Å². The van der Waals surface area contributed by atoms with Crippen molar-refractivity contribution in [3.05, 3.63) is 57.7 Å². The second kappa shape index (κ2) is 7.49. The second-order valence-corrected chi connectivity index (χ2v) is 6.91. The number of carbonyl (C=O) groups is 2. The van der Waals surface area contributed by atoms with Crippen molar-refractivity contribution < 1.29 is 9.59 Å². The van der Waals surface area contributed by atoms with Gasteiger partial charge in [0.2, 0.25) is 5.91 Å². The van der Waals surface area contributed by atoms with Crippen molar-refractivity contribution in [3.8, 4) is 0 Å². The van der Waals surface area contributed by atoms with Gasteiger partial charge >= 0.3 is 0 Å². The maximum atomic E-state index is 12.2. The first-order valence-electron chi connectivity index (χ1n) is 7.27. The Hall–Kier alpha value is -2.65. The quantitative estimate of drug-likeness (QED) is 0.411. The Labute approximate surface area is 151 Å². The number of thioether (sulfide) groups is 1. The highest BCUT2D eigenvalue weighted by atomic mass is 32.2. The van der Waals surface area contributed by atoms with E-state index in [1.165, 1.54) is 15.9 Å². The molecule has 0 saturated carbocycles. The largest absolute Gasteiger partial charge is 0.290 e. The molecule has 0 atom stereocenters. The van der Waals surface area contributed by atoms with E-state index in [1.807, 2.05) is 0 Å². The minimum absolute atomic E-state index is 0.0188. The van der Waals surface area contributed by atoms with Crippen LogP contribution in [0.1, 0.15) is 10.4 Å². The molecule has 0 saturated heterocycles. The molecule has 3 rings (SSSR count). The van der Waals surface area contributed by atoms with Crippen molar-refractivity contribution in [2.75, 3.05) is 5.75 Å². The Balaban J connectivity index is 1.58. The lowest BCUT2D eigenvalue weighted by molar-refractivity contribution is -0.119. The van der Waals surface area contributed by atoms with Crippen LogP contribution in [0.5, 0.6) is 0 Å². The molecule has 2 aromatic heterocycles. The molecule has 0 unspecified atom stereocenters. The summed E-state index contributed by atoms with van der Waals surface area (Å²) in [4.78, 5) is 40.3. The molecule has 0 aliphatic heterocycles. The third kappa shape index (κ3) is 3.89. The molecule has 9 heteroatoms. The summed E-state index contributed by atoms with van der Waals surface area (Å²) >= 11 is 2.47. The van der Waals surface area contributed by atoms with Crippen LogP contribution in [0.3, 0.4) is 0 Å². The first-order chi connectivity index (χ1) is 12.1. The number of hydrazine groups is 1. The van der Waals surface area contributed by atoms with E-state index in [-0.39, 0.29) is 11.3 Å². The molecular formula is C16H14N4O3S2. The Morgan fingerprint density at radius 1 is 1.20 bits per heavy atom. The van der Waals surface area contributed by atoms with Crippen molar-refractivity contribution in [2.45, 2.75) is 5.16 Å². The summed E-state index contributed by atoms with van der Waals surface area (Å²) in [6.07, 6.45) is 0. The average molecular weight is 374 g/mol. The van der Waals surface area contributed by atoms with Gasteiger partial charge in [-0.3, -0.25) is 29.8 Å². The number of rotatable bonds is 4. The monoisotopic (exact) mass is 374 g/mol. The van der Waals surface area contributed by atoms with Gasteiger partial charge in [-0.2, -0.15) is 0 Å². The highest BCUT2D eigenvalue weighted by molar-refractivity contribution is 7.99. The molecule has 0 aliphatic rings. The van der Waals surface area contributed by atoms with E-state index in [2.05, 4.69) is 15.8 Å². The maximum absolute atomic E-state index is 12.2. The van der Waals surface area contributed by atoms with E-state index in [1.54, 1.807) is 48.8 Å². The lowest BCUT2D eigenvalue weighted by Gasteiger charge is -2.08. The highest BCUT2D eigenvalue weighted by Crippen LogP contribution is 2.19. The van der Waals surface area contributed by atoms with Gasteiger partial charge < -0.3 is 0 Å². The molecule has 2 amide bonds. The molecule has 2 heterocycles. The van der Waals surface area contributed by atoms with Gasteiger partial charge in [-0.1, -0.05) is 30.0 Å². The standard InChI is InChI=1S/C16H14N4O3S2/c1-20-15(23)13-11(7-8-24-13)17-16(20)25-9-12(21)18-19-14(22)10-5-3-2-4-6-10/h2-8H,9H2,1H3,(H,18,21)(H,19,22). The fourth-order valence-corrected chi connectivity index (χ4v) is 3.63. The second-order valence-electron chi connectivity index (χ2n) is 5.05. The van der Waals surface area contributed by atoms with E-state index in [9.17, 15) is 14.4 Å². The van der Waals surface area contributed by atoms with Crippen LogP contribution in [0.2, 0.25) is 0 Å². The predicted octanol–water partition coefficient (Wildman–Crippen LogP) is 1.55. The normalized spacial score (nSPS) is 10.6. The van der Waals surface area contributed by atoms with Crippen LogP contribution in [0.25, 0.3) is 10.2 Å². The third-order valence-corrected chi connectivity index (χ3v) is 5.25. The van der Waals surface area contributed by atoms with Crippen LogP contribution in [-0.2, 0) is 11.8 Å². The fourth-order valence-electron chi connectivity index (χ4n) is 2.05. The number of fused-ring (bicyclic) bond motifs is 1. The molecule has 1 aromatic carbocycles. The lowest BCUT2D eigenvalue weighted by atomic mass is 10.2. The molecule has 0 radical (unpaired) electrons. The molecule has 0 bridgehead atoms. The molecule has 25 heavy (non-hydrogen) atoms. The van der Waals surface area contributed by atoms with Gasteiger partial charge in [-0.25, -0.2) is 4.98 Å². The van der Waals surface area contributed by atoms with Gasteiger partial charge in [0.15, 0.2) is 5.16 Å². The predicted molar refractivity (Wildman–Crippen MR) is 97.6 cm³/mol. The van der Waals surface area contributed by atoms with Crippen molar-refractivity contribution in [1.29, 1.82) is 0 Å². The topological polar surface area (TPSA) is 93.1 Å². The van der Waals surface area contributed by atoms with E-state index in [0.717, 1.165) is 11.8 Å². The Morgan fingerprint density at radius 2 is 1.96 bits per heavy atom. The van der Waals surface area contributed by atoms with Crippen LogP contribution in [0.15, 0.2) is 51.7 Å². The number of nitrogens with zero attached hydrogens (tertiary/aromatic N) is 2. The van der Waals surface area contributed by atoms with Crippen molar-refractivity contribution in [1.82, 2.24) is 20.4 Å². The molecular weight excluding hydrogens is 360 g/mol. The lowest BCUT2D eigenvalue weighted by Crippen LogP contribution is -2.42. The SMILES string of the molecule is Cn1c(SCC(=O)NNC(=O)c2ccccc2)nc2ccsc2c1=O. The average Bonchev–Trinajstić information content (AvgIpc) is 3.11. The number of amides is 2. The van der Waals surface area contributed by atoms with Gasteiger partial charge in [-0.15, -0.1) is 11.3 Å². The summed E-state index contributed by atoms with van der Waals surface area (Å²) in [5.41, 5.74) is 5.62. The molecule has 3 aromatic rings. The first-order valence-corrected chi connectivity index (χ1v) is 9.14. The molecule has 0 aliphatic carbocycles. The molecule has 7 nitrogen and oxygen atoms in total. The number of aromatic nitrogens is 2. The van der Waals surface area contributed by atoms with Crippen LogP contribution in [0.4, 0.5) is 0 Å². The number of nitrogens with one attached hydrogen (secondary N) is 2. The Bertz CT molecular complexity index is 982. The van der Waals surface area contributed by atoms with Gasteiger partial charge in [0, 0.05) is 12.6 Å². The highest BCUT2D eigenvalue weighted by Gasteiger charge is 2.12. The van der Waals surface area contributed by atoms with Crippen LogP contribution in [-0.4, -0.2) is 27.1 Å². The first kappa shape index (κ1) is 17.2. The smallest absolute Gasteiger partial charge is 0.271 e. The molecule has 2 N–H and O–H groups in total. The summed E-state index contributed by atoms with van der Waals surface area (Å²) in [6, 6.07) is 10.3. The fraction of sp³-hybridized carbons (Fsp3) is 0.125. The van der Waals surface area contributed by atoms with E-state index in [4.69, 9.17) is 0 Å². The summed E-state index contributed by atoms with van der Waals surface area (Å²) in [6.45, 7) is 0. The Morgan fingerprint density at radius 3 is 2.72 bits per heavy atom. The Kier molecular flexibility index (Phi) is 5.15. The minimum Gasteiger partial charge on any atom is -0.290 e. The maximum Gasteiger partial charge on any atom is 0.271 e. The summed E-state index contributed by atoms with van der Waals surface area (Å²) in [5, 5.41) is 2.25. The molecule has 128 valence electrons. The number of benzene rings is 1. The minimum atomic E-state index is -0.399. The van der Waals surface area contributed by atoms with Crippen molar-refractivity contribution in [2.24, 2.45) is 7.05 Å². The van der Waals surface area contributed by atoms with E-state index < -0.39 is 11.8 Å². The van der Waals surface area contributed by atoms with Gasteiger partial charge in [0.25, 0.3) is 11.5 Å². The summed E-state index contributed by atoms with van der Waals surface area (Å²) < 4.78 is 2.01. The van der Waals surface area contributed by atoms with Crippen molar-refractivity contribution >= 4 is 45.1 Å². The summed E-state index contributed by atoms with van der Waals surface area (Å²) in [5.74, 6) is -0.775. The molecule has 0 spiro atoms. The number of hydrogen-bond donors (Lipinski definition) is 2. The van der Waals surface area contributed by atoms with Gasteiger partial charge in [0.1, 0.15) is 4.70 Å². The molecule has 0 fully saturated rings. The van der Waals surface area contributed by atoms with Crippen LogP contribution < -0.4 is 16.4 Å². The number of carbonyl (C=O) groups excluding carboxylic acids is 2. The third-order valence-electron chi connectivity index (χ3n) is 3.33. The van der Waals surface area contributed by atoms with Crippen LogP contribution >= 0.6 is 23.1 Å². The number of thiophene rings is 1. The summed E-state index contributed by atoms with van der Waals surface area (Å²) in [7, 11) is 1.62. The zero-order chi connectivity index (χ0) is 17.8. The number of hydrogen-bond acceptors (Lipinski definition) is 6. The zero-order valence-corrected chi connectivity index (χ0v) is 14.8. The van der Waals surface area contributed by atoms with E-state index in [0.29, 0.717) is 20.9 Å². The van der Waals surface area contributed by atoms with Crippen molar-refractivity contribution in [3.63, 3.8) is 0 Å². The van der Waals surface area contributed by atoms with Gasteiger partial charge in [0.05, 0.1) is 11.3 Å².